The van der Waals surface area contributed by atoms with E-state index >= 15 is 0 Å². The van der Waals surface area contributed by atoms with Gasteiger partial charge in [0.1, 0.15) is 0 Å². The lowest BCUT2D eigenvalue weighted by molar-refractivity contribution is -0.134. The Labute approximate surface area is 184 Å². The molecule has 31 heavy (non-hydrogen) atoms. The number of para-hydroxylation sites is 1. The van der Waals surface area contributed by atoms with Crippen LogP contribution in [0.5, 0.6) is 0 Å². The van der Waals surface area contributed by atoms with Crippen LogP contribution >= 0.6 is 0 Å². The molecule has 0 saturated heterocycles. The monoisotopic (exact) mass is 417 g/mol. The third-order valence-corrected chi connectivity index (χ3v) is 6.57. The number of fused-ring (bicyclic) bond motifs is 2. The second kappa shape index (κ2) is 8.58. The summed E-state index contributed by atoms with van der Waals surface area (Å²) in [5.41, 5.74) is 3.59. The van der Waals surface area contributed by atoms with Crippen molar-refractivity contribution in [3.05, 3.63) is 71.4 Å². The van der Waals surface area contributed by atoms with E-state index in [1.165, 1.54) is 0 Å². The fourth-order valence-corrected chi connectivity index (χ4v) is 4.91. The van der Waals surface area contributed by atoms with E-state index in [9.17, 15) is 9.59 Å². The van der Waals surface area contributed by atoms with Crippen molar-refractivity contribution < 1.29 is 9.59 Å². The third kappa shape index (κ3) is 3.52. The number of hydrogen-bond donors (Lipinski definition) is 0. The van der Waals surface area contributed by atoms with Gasteiger partial charge in [-0.3, -0.25) is 9.59 Å². The van der Waals surface area contributed by atoms with E-state index in [0.717, 1.165) is 41.4 Å². The van der Waals surface area contributed by atoms with Crippen molar-refractivity contribution in [1.29, 1.82) is 0 Å². The first kappa shape index (κ1) is 21.2. The first-order valence-electron chi connectivity index (χ1n) is 11.2. The molecule has 2 amide bonds. The van der Waals surface area contributed by atoms with Crippen molar-refractivity contribution in [2.75, 3.05) is 20.1 Å². The van der Waals surface area contributed by atoms with Gasteiger partial charge in [0.25, 0.3) is 5.91 Å². The summed E-state index contributed by atoms with van der Waals surface area (Å²) in [6.45, 7) is 5.57. The largest absolute Gasteiger partial charge is 0.350 e. The van der Waals surface area contributed by atoms with Crippen LogP contribution in [0.1, 0.15) is 60.1 Å². The summed E-state index contributed by atoms with van der Waals surface area (Å²) in [5, 5.41) is 1.09. The van der Waals surface area contributed by atoms with Gasteiger partial charge in [-0.15, -0.1) is 0 Å². The number of carbonyl (C=O) groups is 2. The fraction of sp³-hybridized carbons (Fsp3) is 0.385. The van der Waals surface area contributed by atoms with Gasteiger partial charge in [0.05, 0.1) is 12.0 Å². The molecule has 0 bridgehead atoms. The van der Waals surface area contributed by atoms with Crippen LogP contribution in [0.3, 0.4) is 0 Å². The normalized spacial score (nSPS) is 18.3. The van der Waals surface area contributed by atoms with Crippen LogP contribution in [0.25, 0.3) is 10.9 Å². The quantitative estimate of drug-likeness (QED) is 0.582. The number of aromatic nitrogens is 1. The smallest absolute Gasteiger partial charge is 0.254 e. The van der Waals surface area contributed by atoms with Gasteiger partial charge in [-0.2, -0.15) is 0 Å². The molecule has 0 radical (unpaired) electrons. The van der Waals surface area contributed by atoms with Crippen molar-refractivity contribution in [1.82, 2.24) is 14.4 Å². The molecule has 0 aliphatic carbocycles. The number of amides is 2. The summed E-state index contributed by atoms with van der Waals surface area (Å²) in [6, 6.07) is 15.4. The summed E-state index contributed by atoms with van der Waals surface area (Å²) >= 11 is 0. The molecule has 0 N–H and O–H groups in total. The molecule has 2 unspecified atom stereocenters. The Balaban J connectivity index is 1.91. The zero-order valence-electron chi connectivity index (χ0n) is 18.8. The Morgan fingerprint density at radius 1 is 1.00 bits per heavy atom. The Bertz CT molecular complexity index is 1120. The molecule has 4 rings (SSSR count). The van der Waals surface area contributed by atoms with E-state index in [4.69, 9.17) is 0 Å². The molecule has 3 aromatic rings. The fourth-order valence-electron chi connectivity index (χ4n) is 4.91. The lowest BCUT2D eigenvalue weighted by Crippen LogP contribution is -2.47. The van der Waals surface area contributed by atoms with Crippen molar-refractivity contribution in [3.8, 4) is 0 Å². The number of unbranched alkanes of at least 4 members (excludes halogenated alkanes) is 1. The Hall–Kier alpha value is -3.08. The van der Waals surface area contributed by atoms with E-state index in [-0.39, 0.29) is 17.9 Å². The minimum atomic E-state index is -0.429. The van der Waals surface area contributed by atoms with Crippen molar-refractivity contribution in [2.24, 2.45) is 7.05 Å². The maximum absolute atomic E-state index is 14.0. The number of rotatable bonds is 6. The Kier molecular flexibility index (Phi) is 5.86. The summed E-state index contributed by atoms with van der Waals surface area (Å²) in [6.07, 6.45) is 4.09. The highest BCUT2D eigenvalue weighted by Gasteiger charge is 2.44. The van der Waals surface area contributed by atoms with E-state index < -0.39 is 5.92 Å². The third-order valence-electron chi connectivity index (χ3n) is 6.57. The summed E-state index contributed by atoms with van der Waals surface area (Å²) in [5.74, 6) is -0.364. The standard InChI is InChI=1S/C26H31N3O2/c1-5-7-16-29(6-2)26(31)23-19-13-8-9-14-20(19)25(30)28(4)24(23)21-17-27(3)22-15-11-10-12-18(21)22/h8-15,17,23-24H,5-7,16H2,1-4H3. The van der Waals surface area contributed by atoms with Gasteiger partial charge >= 0.3 is 0 Å². The second-order valence-electron chi connectivity index (χ2n) is 8.41. The molecule has 5 nitrogen and oxygen atoms in total. The molecule has 2 heterocycles. The average Bonchev–Trinajstić information content (AvgIpc) is 3.12. The molecule has 2 atom stereocenters. The van der Waals surface area contributed by atoms with E-state index in [2.05, 4.69) is 29.8 Å². The molecule has 0 saturated carbocycles. The molecule has 5 heteroatoms. The van der Waals surface area contributed by atoms with Crippen molar-refractivity contribution in [2.45, 2.75) is 38.6 Å². The molecule has 0 fully saturated rings. The van der Waals surface area contributed by atoms with Gasteiger partial charge in [0.15, 0.2) is 0 Å². The van der Waals surface area contributed by atoms with E-state index in [1.807, 2.05) is 62.3 Å². The number of benzene rings is 2. The average molecular weight is 418 g/mol. The first-order chi connectivity index (χ1) is 15.0. The maximum Gasteiger partial charge on any atom is 0.254 e. The molecule has 162 valence electrons. The number of carbonyl (C=O) groups excluding carboxylic acids is 2. The van der Waals surface area contributed by atoms with Gasteiger partial charge in [0.2, 0.25) is 5.91 Å². The Morgan fingerprint density at radius 2 is 1.71 bits per heavy atom. The second-order valence-corrected chi connectivity index (χ2v) is 8.41. The number of likely N-dealkylation sites (N-methyl/N-ethyl adjacent to an activating group) is 2. The summed E-state index contributed by atoms with van der Waals surface area (Å²) < 4.78 is 2.08. The van der Waals surface area contributed by atoms with Crippen LogP contribution in [0.4, 0.5) is 0 Å². The summed E-state index contributed by atoms with van der Waals surface area (Å²) in [7, 11) is 3.84. The van der Waals surface area contributed by atoms with Gasteiger partial charge in [-0.1, -0.05) is 49.7 Å². The van der Waals surface area contributed by atoms with Crippen LogP contribution < -0.4 is 0 Å². The number of aryl methyl sites for hydroxylation is 1. The first-order valence-corrected chi connectivity index (χ1v) is 11.2. The van der Waals surface area contributed by atoms with Crippen LogP contribution in [-0.2, 0) is 11.8 Å². The summed E-state index contributed by atoms with van der Waals surface area (Å²) in [4.78, 5) is 31.0. The van der Waals surface area contributed by atoms with Crippen LogP contribution in [0.15, 0.2) is 54.7 Å². The SMILES string of the molecule is CCCCN(CC)C(=O)C1c2ccccc2C(=O)N(C)C1c1cn(C)c2ccccc12. The van der Waals surface area contributed by atoms with Gasteiger partial charge < -0.3 is 14.4 Å². The number of nitrogens with zero attached hydrogens (tertiary/aromatic N) is 3. The molecule has 1 aliphatic rings. The highest BCUT2D eigenvalue weighted by molar-refractivity contribution is 6.02. The minimum absolute atomic E-state index is 0.0332. The lowest BCUT2D eigenvalue weighted by atomic mass is 9.79. The Morgan fingerprint density at radius 3 is 2.45 bits per heavy atom. The lowest BCUT2D eigenvalue weighted by Gasteiger charge is -2.41. The van der Waals surface area contributed by atoms with Crippen LogP contribution in [-0.4, -0.2) is 46.3 Å². The van der Waals surface area contributed by atoms with E-state index in [1.54, 1.807) is 4.90 Å². The van der Waals surface area contributed by atoms with Crippen LogP contribution in [0, 0.1) is 0 Å². The molecule has 1 aromatic heterocycles. The molecule has 2 aromatic carbocycles. The van der Waals surface area contributed by atoms with Gasteiger partial charge in [-0.25, -0.2) is 0 Å². The number of hydrogen-bond acceptors (Lipinski definition) is 2. The molecular weight excluding hydrogens is 386 g/mol. The highest BCUT2D eigenvalue weighted by Crippen LogP contribution is 2.45. The van der Waals surface area contributed by atoms with Crippen molar-refractivity contribution >= 4 is 22.7 Å². The topological polar surface area (TPSA) is 45.6 Å². The molecule has 1 aliphatic heterocycles. The van der Waals surface area contributed by atoms with Crippen molar-refractivity contribution in [3.63, 3.8) is 0 Å². The predicted molar refractivity (Wildman–Crippen MR) is 124 cm³/mol. The predicted octanol–water partition coefficient (Wildman–Crippen LogP) is 4.74. The maximum atomic E-state index is 14.0. The van der Waals surface area contributed by atoms with E-state index in [0.29, 0.717) is 12.1 Å². The minimum Gasteiger partial charge on any atom is -0.350 e. The molecular formula is C26H31N3O2. The van der Waals surface area contributed by atoms with Gasteiger partial charge in [0, 0.05) is 55.4 Å². The zero-order chi connectivity index (χ0) is 22.1. The zero-order valence-corrected chi connectivity index (χ0v) is 18.8. The van der Waals surface area contributed by atoms with Gasteiger partial charge in [-0.05, 0) is 31.0 Å². The highest BCUT2D eigenvalue weighted by atomic mass is 16.2. The molecule has 0 spiro atoms. The van der Waals surface area contributed by atoms with Crippen LogP contribution in [0.2, 0.25) is 0 Å².